The van der Waals surface area contributed by atoms with Gasteiger partial charge < -0.3 is 9.59 Å². The highest BCUT2D eigenvalue weighted by molar-refractivity contribution is 7.02. The Bertz CT molecular complexity index is 513. The maximum Gasteiger partial charge on any atom is 0.119 e. The zero-order valence-corrected chi connectivity index (χ0v) is 13.1. The molecule has 3 heteroatoms. The van der Waals surface area contributed by atoms with Crippen molar-refractivity contribution in [2.75, 3.05) is 0 Å². The smallest absolute Gasteiger partial charge is 0.119 e. The quantitative estimate of drug-likeness (QED) is 0.554. The Morgan fingerprint density at radius 2 is 1.05 bits per heavy atom. The van der Waals surface area contributed by atoms with E-state index in [4.69, 9.17) is 0 Å². The van der Waals surface area contributed by atoms with Crippen LogP contribution in [0.3, 0.4) is 0 Å². The van der Waals surface area contributed by atoms with E-state index < -0.39 is 8.07 Å². The molecule has 2 aromatic carbocycles. The van der Waals surface area contributed by atoms with Gasteiger partial charge in [-0.05, 0) is 12.1 Å². The van der Waals surface area contributed by atoms with Crippen molar-refractivity contribution >= 4 is 31.0 Å². The van der Waals surface area contributed by atoms with E-state index >= 15 is 0 Å². The van der Waals surface area contributed by atoms with Gasteiger partial charge in [-0.3, -0.25) is 0 Å². The molecule has 0 aromatic heterocycles. The summed E-state index contributed by atoms with van der Waals surface area (Å²) < 4.78 is 0. The normalized spacial score (nSPS) is 11.0. The Balaban J connectivity index is 2.52. The van der Waals surface area contributed by atoms with Gasteiger partial charge in [-0.25, -0.2) is 0 Å². The molecule has 0 saturated carbocycles. The second-order valence-electron chi connectivity index (χ2n) is 5.22. The summed E-state index contributed by atoms with van der Waals surface area (Å²) >= 11 is 0. The minimum Gasteiger partial charge on any atom is -0.303 e. The molecule has 0 radical (unpaired) electrons. The molecule has 2 aromatic rings. The molecule has 0 unspecified atom stereocenters. The number of benzene rings is 2. The van der Waals surface area contributed by atoms with Crippen molar-refractivity contribution in [3.05, 3.63) is 60.7 Å². The number of hydrogen-bond acceptors (Lipinski definition) is 2. The molecule has 0 bridgehead atoms. The summed E-state index contributed by atoms with van der Waals surface area (Å²) in [5.74, 6) is 0. The van der Waals surface area contributed by atoms with Crippen LogP contribution in [-0.2, 0) is 9.59 Å². The Kier molecular flexibility index (Phi) is 5.64. The SMILES string of the molecule is O=CCC[Si](CCC=O)(c1ccccc1)c1ccccc1. The van der Waals surface area contributed by atoms with Crippen LogP contribution in [-0.4, -0.2) is 20.6 Å². The van der Waals surface area contributed by atoms with Gasteiger partial charge in [-0.2, -0.15) is 0 Å². The number of rotatable bonds is 8. The van der Waals surface area contributed by atoms with Gasteiger partial charge in [0.05, 0.1) is 0 Å². The van der Waals surface area contributed by atoms with Crippen molar-refractivity contribution in [1.29, 1.82) is 0 Å². The summed E-state index contributed by atoms with van der Waals surface area (Å²) in [6.45, 7) is 0. The first-order chi connectivity index (χ1) is 10.3. The third kappa shape index (κ3) is 3.55. The lowest BCUT2D eigenvalue weighted by Gasteiger charge is -2.32. The first-order valence-corrected chi connectivity index (χ1v) is 9.73. The molecule has 0 spiro atoms. The number of hydrogen-bond donors (Lipinski definition) is 0. The van der Waals surface area contributed by atoms with Crippen molar-refractivity contribution in [2.24, 2.45) is 0 Å². The summed E-state index contributed by atoms with van der Waals surface area (Å²) in [4.78, 5) is 21.9. The molecule has 0 atom stereocenters. The largest absolute Gasteiger partial charge is 0.303 e. The van der Waals surface area contributed by atoms with Crippen molar-refractivity contribution in [3.63, 3.8) is 0 Å². The fourth-order valence-electron chi connectivity index (χ4n) is 2.99. The predicted molar refractivity (Wildman–Crippen MR) is 88.9 cm³/mol. The van der Waals surface area contributed by atoms with Crippen LogP contribution >= 0.6 is 0 Å². The van der Waals surface area contributed by atoms with Gasteiger partial charge in [0, 0.05) is 12.8 Å². The molecule has 0 aliphatic heterocycles. The van der Waals surface area contributed by atoms with E-state index in [0.717, 1.165) is 24.7 Å². The summed E-state index contributed by atoms with van der Waals surface area (Å²) in [5.41, 5.74) is 0. The molecule has 0 amide bonds. The van der Waals surface area contributed by atoms with Crippen molar-refractivity contribution in [1.82, 2.24) is 0 Å². The lowest BCUT2D eigenvalue weighted by molar-refractivity contribution is -0.108. The number of aldehydes is 2. The van der Waals surface area contributed by atoms with Crippen LogP contribution in [0.4, 0.5) is 0 Å². The van der Waals surface area contributed by atoms with Crippen LogP contribution in [0.5, 0.6) is 0 Å². The van der Waals surface area contributed by atoms with E-state index in [2.05, 4.69) is 24.3 Å². The first kappa shape index (κ1) is 15.4. The summed E-state index contributed by atoms with van der Waals surface area (Å²) in [6, 6.07) is 22.5. The third-order valence-electron chi connectivity index (χ3n) is 4.03. The predicted octanol–water partition coefficient (Wildman–Crippen LogP) is 2.43. The van der Waals surface area contributed by atoms with Crippen molar-refractivity contribution < 1.29 is 9.59 Å². The topological polar surface area (TPSA) is 34.1 Å². The zero-order valence-electron chi connectivity index (χ0n) is 12.1. The van der Waals surface area contributed by atoms with E-state index in [0.29, 0.717) is 12.8 Å². The monoisotopic (exact) mass is 296 g/mol. The summed E-state index contributed by atoms with van der Waals surface area (Å²) in [5, 5.41) is 2.61. The molecule has 2 nitrogen and oxygen atoms in total. The Labute approximate surface area is 126 Å². The molecule has 0 N–H and O–H groups in total. The number of carbonyl (C=O) groups excluding carboxylic acids is 2. The van der Waals surface area contributed by atoms with Gasteiger partial charge in [-0.15, -0.1) is 0 Å². The Morgan fingerprint density at radius 3 is 1.38 bits per heavy atom. The van der Waals surface area contributed by atoms with E-state index in [1.165, 1.54) is 10.4 Å². The second-order valence-corrected chi connectivity index (χ2v) is 9.54. The average Bonchev–Trinajstić information content (AvgIpc) is 2.57. The second kappa shape index (κ2) is 7.69. The van der Waals surface area contributed by atoms with Gasteiger partial charge in [0.1, 0.15) is 20.6 Å². The van der Waals surface area contributed by atoms with E-state index in [-0.39, 0.29) is 0 Å². The fourth-order valence-corrected chi connectivity index (χ4v) is 7.61. The highest BCUT2D eigenvalue weighted by Gasteiger charge is 2.35. The van der Waals surface area contributed by atoms with E-state index in [1.54, 1.807) is 0 Å². The molecule has 0 aliphatic rings. The minimum atomic E-state index is -2.05. The van der Waals surface area contributed by atoms with E-state index in [1.807, 2.05) is 36.4 Å². The van der Waals surface area contributed by atoms with E-state index in [9.17, 15) is 9.59 Å². The molecule has 0 heterocycles. The minimum absolute atomic E-state index is 0.550. The van der Waals surface area contributed by atoms with Crippen LogP contribution in [0.1, 0.15) is 12.8 Å². The highest BCUT2D eigenvalue weighted by Crippen LogP contribution is 2.19. The van der Waals surface area contributed by atoms with Gasteiger partial charge in [-0.1, -0.05) is 71.0 Å². The van der Waals surface area contributed by atoms with Gasteiger partial charge in [0.2, 0.25) is 0 Å². The Morgan fingerprint density at radius 1 is 0.667 bits per heavy atom. The average molecular weight is 296 g/mol. The van der Waals surface area contributed by atoms with Gasteiger partial charge in [0.15, 0.2) is 0 Å². The van der Waals surface area contributed by atoms with Crippen LogP contribution in [0.25, 0.3) is 0 Å². The molecule has 108 valence electrons. The molecule has 0 fully saturated rings. The maximum absolute atomic E-state index is 10.9. The zero-order chi connectivity index (χ0) is 15.0. The van der Waals surface area contributed by atoms with Crippen LogP contribution in [0, 0.1) is 0 Å². The molecular weight excluding hydrogens is 276 g/mol. The summed E-state index contributed by atoms with van der Waals surface area (Å²) in [6.07, 6.45) is 3.09. The standard InChI is InChI=1S/C18H20O2Si/c19-13-7-15-21(16-8-14-20,17-9-3-1-4-10-17)18-11-5-2-6-12-18/h1-6,9-14H,7-8,15-16H2. The first-order valence-electron chi connectivity index (χ1n) is 7.32. The molecule has 0 aliphatic carbocycles. The lowest BCUT2D eigenvalue weighted by Crippen LogP contribution is -2.58. The van der Waals surface area contributed by atoms with Crippen LogP contribution < -0.4 is 10.4 Å². The van der Waals surface area contributed by atoms with Gasteiger partial charge >= 0.3 is 0 Å². The summed E-state index contributed by atoms with van der Waals surface area (Å²) in [7, 11) is -2.05. The van der Waals surface area contributed by atoms with Crippen LogP contribution in [0.15, 0.2) is 60.7 Å². The highest BCUT2D eigenvalue weighted by atomic mass is 28.3. The van der Waals surface area contributed by atoms with Crippen molar-refractivity contribution in [3.8, 4) is 0 Å². The fraction of sp³-hybridized carbons (Fsp3) is 0.222. The molecule has 2 rings (SSSR count). The lowest BCUT2D eigenvalue weighted by atomic mass is 10.4. The molecule has 21 heavy (non-hydrogen) atoms. The maximum atomic E-state index is 10.9. The molecule has 0 saturated heterocycles. The number of carbonyl (C=O) groups is 2. The third-order valence-corrected chi connectivity index (χ3v) is 9.19. The van der Waals surface area contributed by atoms with Gasteiger partial charge in [0.25, 0.3) is 0 Å². The molecular formula is C18H20O2Si. The van der Waals surface area contributed by atoms with Crippen LogP contribution in [0.2, 0.25) is 12.1 Å². The Hall–Kier alpha value is -2.00. The van der Waals surface area contributed by atoms with Crippen molar-refractivity contribution in [2.45, 2.75) is 24.9 Å².